The van der Waals surface area contributed by atoms with Crippen LogP contribution in [0.25, 0.3) is 0 Å². The van der Waals surface area contributed by atoms with Crippen molar-refractivity contribution in [2.24, 2.45) is 0 Å². The standard InChI is InChI=1S/C8H18NO8P/c1-2-15-8(12)9-3-4-16-18(13,14)17-6-7(11)5-10/h7,10-11H,2-6H2,1H3,(H,9,12)(H,13,14). The Bertz CT molecular complexity index is 286. The van der Waals surface area contributed by atoms with E-state index < -0.39 is 33.2 Å². The Morgan fingerprint density at radius 2 is 2.11 bits per heavy atom. The van der Waals surface area contributed by atoms with E-state index in [1.807, 2.05) is 0 Å². The molecule has 0 fully saturated rings. The molecule has 4 N–H and O–H groups in total. The summed E-state index contributed by atoms with van der Waals surface area (Å²) in [5.41, 5.74) is 0. The summed E-state index contributed by atoms with van der Waals surface area (Å²) in [5.74, 6) is 0. The van der Waals surface area contributed by atoms with Gasteiger partial charge in [0, 0.05) is 6.54 Å². The van der Waals surface area contributed by atoms with Crippen LogP contribution in [-0.4, -0.2) is 60.3 Å². The molecule has 10 heteroatoms. The van der Waals surface area contributed by atoms with Crippen molar-refractivity contribution >= 4 is 13.9 Å². The predicted molar refractivity (Wildman–Crippen MR) is 59.8 cm³/mol. The molecule has 108 valence electrons. The summed E-state index contributed by atoms with van der Waals surface area (Å²) in [7, 11) is -4.30. The normalized spacial score (nSPS) is 15.8. The summed E-state index contributed by atoms with van der Waals surface area (Å²) in [6, 6.07) is 0. The van der Waals surface area contributed by atoms with Gasteiger partial charge in [0.2, 0.25) is 0 Å². The van der Waals surface area contributed by atoms with Crippen molar-refractivity contribution in [1.29, 1.82) is 0 Å². The van der Waals surface area contributed by atoms with Gasteiger partial charge in [-0.15, -0.1) is 0 Å². The van der Waals surface area contributed by atoms with E-state index in [2.05, 4.69) is 19.1 Å². The minimum absolute atomic E-state index is 0.0324. The Balaban J connectivity index is 3.70. The van der Waals surface area contributed by atoms with Crippen molar-refractivity contribution in [2.75, 3.05) is 33.0 Å². The van der Waals surface area contributed by atoms with E-state index in [-0.39, 0.29) is 19.8 Å². The first-order valence-electron chi connectivity index (χ1n) is 5.22. The molecule has 9 nitrogen and oxygen atoms in total. The molecule has 1 amide bonds. The summed E-state index contributed by atoms with van der Waals surface area (Å²) in [5, 5.41) is 19.6. The zero-order chi connectivity index (χ0) is 14.0. The van der Waals surface area contributed by atoms with Gasteiger partial charge in [0.25, 0.3) is 0 Å². The lowest BCUT2D eigenvalue weighted by Gasteiger charge is -2.14. The van der Waals surface area contributed by atoms with E-state index in [1.165, 1.54) is 0 Å². The lowest BCUT2D eigenvalue weighted by molar-refractivity contribution is 0.0364. The highest BCUT2D eigenvalue weighted by molar-refractivity contribution is 7.47. The van der Waals surface area contributed by atoms with Gasteiger partial charge in [-0.2, -0.15) is 0 Å². The van der Waals surface area contributed by atoms with E-state index in [0.29, 0.717) is 0 Å². The van der Waals surface area contributed by atoms with Gasteiger partial charge in [-0.05, 0) is 6.92 Å². The number of hydrogen-bond acceptors (Lipinski definition) is 7. The van der Waals surface area contributed by atoms with Crippen molar-refractivity contribution in [3.63, 3.8) is 0 Å². The molecule has 2 unspecified atom stereocenters. The van der Waals surface area contributed by atoms with Crippen LogP contribution in [0.15, 0.2) is 0 Å². The minimum atomic E-state index is -4.30. The minimum Gasteiger partial charge on any atom is -0.450 e. The van der Waals surface area contributed by atoms with E-state index in [4.69, 9.17) is 15.1 Å². The molecule has 0 saturated heterocycles. The van der Waals surface area contributed by atoms with Crippen molar-refractivity contribution in [3.05, 3.63) is 0 Å². The molecule has 18 heavy (non-hydrogen) atoms. The van der Waals surface area contributed by atoms with Crippen LogP contribution >= 0.6 is 7.82 Å². The Labute approximate surface area is 104 Å². The van der Waals surface area contributed by atoms with Crippen LogP contribution in [0.1, 0.15) is 6.92 Å². The Kier molecular flexibility index (Phi) is 8.90. The van der Waals surface area contributed by atoms with Crippen molar-refractivity contribution in [3.8, 4) is 0 Å². The number of aliphatic hydroxyl groups is 2. The first kappa shape index (κ1) is 17.3. The van der Waals surface area contributed by atoms with Crippen LogP contribution in [0.2, 0.25) is 0 Å². The molecule has 0 rings (SSSR count). The van der Waals surface area contributed by atoms with Crippen LogP contribution in [0.3, 0.4) is 0 Å². The molecule has 0 aliphatic heterocycles. The van der Waals surface area contributed by atoms with E-state index in [1.54, 1.807) is 6.92 Å². The summed E-state index contributed by atoms with van der Waals surface area (Å²) >= 11 is 0. The summed E-state index contributed by atoms with van der Waals surface area (Å²) in [6.07, 6.45) is -1.92. The molecule has 2 atom stereocenters. The fraction of sp³-hybridized carbons (Fsp3) is 0.875. The van der Waals surface area contributed by atoms with E-state index in [0.717, 1.165) is 0 Å². The third-order valence-electron chi connectivity index (χ3n) is 1.54. The lowest BCUT2D eigenvalue weighted by atomic mass is 10.4. The van der Waals surface area contributed by atoms with Crippen molar-refractivity contribution in [2.45, 2.75) is 13.0 Å². The fourth-order valence-electron chi connectivity index (χ4n) is 0.766. The SMILES string of the molecule is CCOC(=O)NCCOP(=O)(O)OCC(O)CO. The topological polar surface area (TPSA) is 135 Å². The largest absolute Gasteiger partial charge is 0.472 e. The summed E-state index contributed by atoms with van der Waals surface area (Å²) in [4.78, 5) is 19.9. The molecule has 0 bridgehead atoms. The summed E-state index contributed by atoms with van der Waals surface area (Å²) in [6.45, 7) is 0.433. The molecule has 0 heterocycles. The third-order valence-corrected chi connectivity index (χ3v) is 2.53. The van der Waals surface area contributed by atoms with Gasteiger partial charge in [0.1, 0.15) is 6.10 Å². The Hall–Kier alpha value is -0.700. The van der Waals surface area contributed by atoms with Gasteiger partial charge >= 0.3 is 13.9 Å². The second-order valence-electron chi connectivity index (χ2n) is 3.08. The number of carbonyl (C=O) groups excluding carboxylic acids is 1. The van der Waals surface area contributed by atoms with Gasteiger partial charge in [-0.1, -0.05) is 0 Å². The first-order valence-corrected chi connectivity index (χ1v) is 6.72. The predicted octanol–water partition coefficient (Wildman–Crippen LogP) is -0.781. The molecular formula is C8H18NO8P. The van der Waals surface area contributed by atoms with Crippen molar-refractivity contribution < 1.29 is 38.3 Å². The number of hydrogen-bond donors (Lipinski definition) is 4. The van der Waals surface area contributed by atoms with Gasteiger partial charge in [-0.25, -0.2) is 9.36 Å². The highest BCUT2D eigenvalue weighted by atomic mass is 31.2. The molecule has 0 aliphatic carbocycles. The van der Waals surface area contributed by atoms with Gasteiger partial charge in [0.15, 0.2) is 0 Å². The van der Waals surface area contributed by atoms with Crippen LogP contribution in [0.4, 0.5) is 4.79 Å². The fourth-order valence-corrected chi connectivity index (χ4v) is 1.52. The van der Waals surface area contributed by atoms with Crippen LogP contribution < -0.4 is 5.32 Å². The van der Waals surface area contributed by atoms with Crippen LogP contribution in [0.5, 0.6) is 0 Å². The average Bonchev–Trinajstić information content (AvgIpc) is 2.32. The van der Waals surface area contributed by atoms with E-state index >= 15 is 0 Å². The highest BCUT2D eigenvalue weighted by Gasteiger charge is 2.22. The molecule has 0 aromatic carbocycles. The number of ether oxygens (including phenoxy) is 1. The van der Waals surface area contributed by atoms with E-state index in [9.17, 15) is 9.36 Å². The number of aliphatic hydroxyl groups excluding tert-OH is 2. The van der Waals surface area contributed by atoms with Crippen molar-refractivity contribution in [1.82, 2.24) is 5.32 Å². The molecule has 0 saturated carbocycles. The number of rotatable bonds is 9. The molecule has 0 aliphatic rings. The molecule has 0 aromatic heterocycles. The first-order chi connectivity index (χ1) is 8.41. The number of phosphoric ester groups is 1. The smallest absolute Gasteiger partial charge is 0.450 e. The number of carbonyl (C=O) groups is 1. The highest BCUT2D eigenvalue weighted by Crippen LogP contribution is 2.42. The Morgan fingerprint density at radius 1 is 1.44 bits per heavy atom. The quantitative estimate of drug-likeness (QED) is 0.320. The van der Waals surface area contributed by atoms with Crippen LogP contribution in [0, 0.1) is 0 Å². The molecule has 0 spiro atoms. The molecule has 0 aromatic rings. The zero-order valence-corrected chi connectivity index (χ0v) is 10.8. The number of nitrogens with one attached hydrogen (secondary N) is 1. The monoisotopic (exact) mass is 287 g/mol. The van der Waals surface area contributed by atoms with Crippen LogP contribution in [-0.2, 0) is 18.3 Å². The van der Waals surface area contributed by atoms with Gasteiger partial charge in [0.05, 0.1) is 26.4 Å². The van der Waals surface area contributed by atoms with Gasteiger partial charge in [-0.3, -0.25) is 9.05 Å². The maximum absolute atomic E-state index is 11.2. The second-order valence-corrected chi connectivity index (χ2v) is 4.53. The maximum atomic E-state index is 11.2. The van der Waals surface area contributed by atoms with Gasteiger partial charge < -0.3 is 25.2 Å². The second kappa shape index (κ2) is 9.26. The lowest BCUT2D eigenvalue weighted by Crippen LogP contribution is -2.27. The number of amides is 1. The number of phosphoric acid groups is 1. The summed E-state index contributed by atoms with van der Waals surface area (Å²) < 4.78 is 24.6. The maximum Gasteiger partial charge on any atom is 0.472 e. The molecule has 0 radical (unpaired) electrons. The third kappa shape index (κ3) is 9.34. The number of alkyl carbamates (subject to hydrolysis) is 1. The molecular weight excluding hydrogens is 269 g/mol. The average molecular weight is 287 g/mol. The zero-order valence-electron chi connectivity index (χ0n) is 9.94. The Morgan fingerprint density at radius 3 is 2.67 bits per heavy atom.